The number of aromatic nitrogens is 1. The van der Waals surface area contributed by atoms with Gasteiger partial charge < -0.3 is 5.73 Å². The molecule has 0 aliphatic carbocycles. The van der Waals surface area contributed by atoms with Crippen LogP contribution in [-0.4, -0.2) is 19.2 Å². The second-order valence-corrected chi connectivity index (χ2v) is 6.39. The van der Waals surface area contributed by atoms with Gasteiger partial charge in [-0.25, -0.2) is 12.8 Å². The van der Waals surface area contributed by atoms with Crippen LogP contribution in [0.15, 0.2) is 42.7 Å². The second-order valence-electron chi connectivity index (χ2n) is 4.54. The Morgan fingerprint density at radius 1 is 1.14 bits per heavy atom. The summed E-state index contributed by atoms with van der Waals surface area (Å²) in [6.45, 7) is 0.200. The van der Waals surface area contributed by atoms with Crippen molar-refractivity contribution in [3.8, 4) is 0 Å². The standard InChI is InChI=1S/C14H16FN3O2S/c15-13-9-12(10-16)1-2-14(13)18-21(19,20)8-5-11-3-6-17-7-4-11/h1-4,6-7,9,18H,5,8,10,16H2. The van der Waals surface area contributed by atoms with Crippen molar-refractivity contribution in [2.45, 2.75) is 13.0 Å². The molecule has 0 saturated carbocycles. The van der Waals surface area contributed by atoms with Gasteiger partial charge in [0.25, 0.3) is 0 Å². The van der Waals surface area contributed by atoms with Gasteiger partial charge in [0.05, 0.1) is 11.4 Å². The third kappa shape index (κ3) is 4.51. The second kappa shape index (κ2) is 6.64. The molecule has 0 spiro atoms. The number of nitrogens with two attached hydrogens (primary N) is 1. The highest BCUT2D eigenvalue weighted by atomic mass is 32.2. The number of anilines is 1. The number of hydrogen-bond donors (Lipinski definition) is 2. The summed E-state index contributed by atoms with van der Waals surface area (Å²) in [4.78, 5) is 3.86. The molecule has 21 heavy (non-hydrogen) atoms. The Morgan fingerprint density at radius 3 is 2.48 bits per heavy atom. The van der Waals surface area contributed by atoms with E-state index in [1.807, 2.05) is 0 Å². The molecule has 0 aliphatic heterocycles. The van der Waals surface area contributed by atoms with Crippen LogP contribution in [0.4, 0.5) is 10.1 Å². The van der Waals surface area contributed by atoms with E-state index in [2.05, 4.69) is 9.71 Å². The van der Waals surface area contributed by atoms with Crippen molar-refractivity contribution >= 4 is 15.7 Å². The number of nitrogens with one attached hydrogen (secondary N) is 1. The average molecular weight is 309 g/mol. The number of sulfonamides is 1. The first-order valence-corrected chi connectivity index (χ1v) is 8.03. The molecule has 112 valence electrons. The van der Waals surface area contributed by atoms with Crippen LogP contribution < -0.4 is 10.5 Å². The van der Waals surface area contributed by atoms with Gasteiger partial charge in [0.2, 0.25) is 10.0 Å². The van der Waals surface area contributed by atoms with Gasteiger partial charge in [-0.2, -0.15) is 0 Å². The summed E-state index contributed by atoms with van der Waals surface area (Å²) in [7, 11) is -3.62. The monoisotopic (exact) mass is 309 g/mol. The molecule has 0 radical (unpaired) electrons. The summed E-state index contributed by atoms with van der Waals surface area (Å²) >= 11 is 0. The lowest BCUT2D eigenvalue weighted by Gasteiger charge is -2.09. The molecule has 0 aliphatic rings. The predicted molar refractivity (Wildman–Crippen MR) is 79.6 cm³/mol. The van der Waals surface area contributed by atoms with Crippen LogP contribution in [0.25, 0.3) is 0 Å². The third-order valence-corrected chi connectivity index (χ3v) is 4.22. The molecule has 1 aromatic heterocycles. The lowest BCUT2D eigenvalue weighted by Crippen LogP contribution is -2.19. The Balaban J connectivity index is 2.04. The number of rotatable bonds is 6. The smallest absolute Gasteiger partial charge is 0.233 e. The molecule has 3 N–H and O–H groups in total. The van der Waals surface area contributed by atoms with Gasteiger partial charge in [-0.1, -0.05) is 6.07 Å². The van der Waals surface area contributed by atoms with E-state index in [9.17, 15) is 12.8 Å². The number of nitrogens with zero attached hydrogens (tertiary/aromatic N) is 1. The van der Waals surface area contributed by atoms with Crippen molar-refractivity contribution in [2.75, 3.05) is 10.5 Å². The largest absolute Gasteiger partial charge is 0.326 e. The minimum atomic E-state index is -3.62. The molecule has 0 fully saturated rings. The van der Waals surface area contributed by atoms with Gasteiger partial charge in [-0.3, -0.25) is 9.71 Å². The first kappa shape index (κ1) is 15.4. The summed E-state index contributed by atoms with van der Waals surface area (Å²) in [6.07, 6.45) is 3.53. The Bertz CT molecular complexity index is 705. The van der Waals surface area contributed by atoms with Crippen LogP contribution in [0.3, 0.4) is 0 Å². The predicted octanol–water partition coefficient (Wildman–Crippen LogP) is 1.66. The molecule has 0 bridgehead atoms. The van der Waals surface area contributed by atoms with Crippen molar-refractivity contribution in [1.82, 2.24) is 4.98 Å². The Hall–Kier alpha value is -1.99. The maximum Gasteiger partial charge on any atom is 0.233 e. The van der Waals surface area contributed by atoms with Gasteiger partial charge in [0, 0.05) is 18.9 Å². The number of hydrogen-bond acceptors (Lipinski definition) is 4. The summed E-state index contributed by atoms with van der Waals surface area (Å²) in [5, 5.41) is 0. The van der Waals surface area contributed by atoms with Gasteiger partial charge in [0.1, 0.15) is 5.82 Å². The normalized spacial score (nSPS) is 11.3. The minimum Gasteiger partial charge on any atom is -0.326 e. The van der Waals surface area contributed by atoms with Gasteiger partial charge in [0.15, 0.2) is 0 Å². The maximum absolute atomic E-state index is 13.7. The molecular weight excluding hydrogens is 293 g/mol. The Morgan fingerprint density at radius 2 is 1.86 bits per heavy atom. The van der Waals surface area contributed by atoms with Crippen LogP contribution >= 0.6 is 0 Å². The summed E-state index contributed by atoms with van der Waals surface area (Å²) < 4.78 is 39.9. The highest BCUT2D eigenvalue weighted by Crippen LogP contribution is 2.17. The molecule has 0 unspecified atom stereocenters. The van der Waals surface area contributed by atoms with Crippen LogP contribution in [-0.2, 0) is 23.0 Å². The van der Waals surface area contributed by atoms with Crippen molar-refractivity contribution in [3.63, 3.8) is 0 Å². The number of benzene rings is 1. The zero-order chi connectivity index (χ0) is 15.3. The Kier molecular flexibility index (Phi) is 4.87. The fourth-order valence-electron chi connectivity index (χ4n) is 1.79. The van der Waals surface area contributed by atoms with E-state index < -0.39 is 15.8 Å². The van der Waals surface area contributed by atoms with Crippen LogP contribution in [0.5, 0.6) is 0 Å². The molecule has 0 saturated heterocycles. The molecule has 2 aromatic rings. The highest BCUT2D eigenvalue weighted by Gasteiger charge is 2.13. The van der Waals surface area contributed by atoms with Crippen molar-refractivity contribution in [3.05, 3.63) is 59.7 Å². The van der Waals surface area contributed by atoms with E-state index in [4.69, 9.17) is 5.73 Å². The fourth-order valence-corrected chi connectivity index (χ4v) is 2.90. The molecule has 7 heteroatoms. The molecule has 0 atom stereocenters. The first-order valence-electron chi connectivity index (χ1n) is 6.38. The van der Waals surface area contributed by atoms with Crippen LogP contribution in [0, 0.1) is 5.82 Å². The summed E-state index contributed by atoms with van der Waals surface area (Å²) in [6, 6.07) is 7.67. The van der Waals surface area contributed by atoms with E-state index in [1.165, 1.54) is 12.1 Å². The summed E-state index contributed by atoms with van der Waals surface area (Å²) in [5.41, 5.74) is 6.79. The number of aryl methyl sites for hydroxylation is 1. The molecule has 2 rings (SSSR count). The SMILES string of the molecule is NCc1ccc(NS(=O)(=O)CCc2ccncc2)c(F)c1. The topological polar surface area (TPSA) is 85.1 Å². The highest BCUT2D eigenvalue weighted by molar-refractivity contribution is 7.92. The van der Waals surface area contributed by atoms with E-state index in [0.717, 1.165) is 5.56 Å². The first-order chi connectivity index (χ1) is 10.00. The quantitative estimate of drug-likeness (QED) is 0.850. The van der Waals surface area contributed by atoms with Crippen LogP contribution in [0.2, 0.25) is 0 Å². The number of halogens is 1. The van der Waals surface area contributed by atoms with E-state index >= 15 is 0 Å². The van der Waals surface area contributed by atoms with Crippen molar-refractivity contribution in [2.24, 2.45) is 5.73 Å². The molecule has 5 nitrogen and oxygen atoms in total. The minimum absolute atomic E-state index is 0.0677. The molecule has 1 aromatic carbocycles. The van der Waals surface area contributed by atoms with Gasteiger partial charge in [-0.15, -0.1) is 0 Å². The van der Waals surface area contributed by atoms with E-state index in [-0.39, 0.29) is 18.0 Å². The lowest BCUT2D eigenvalue weighted by atomic mass is 10.2. The van der Waals surface area contributed by atoms with Crippen molar-refractivity contribution < 1.29 is 12.8 Å². The molecule has 0 amide bonds. The van der Waals surface area contributed by atoms with E-state index in [0.29, 0.717) is 12.0 Å². The lowest BCUT2D eigenvalue weighted by molar-refractivity contribution is 0.597. The zero-order valence-electron chi connectivity index (χ0n) is 11.3. The molecular formula is C14H16FN3O2S. The van der Waals surface area contributed by atoms with E-state index in [1.54, 1.807) is 30.6 Å². The van der Waals surface area contributed by atoms with Gasteiger partial charge in [-0.05, 0) is 41.8 Å². The molecule has 1 heterocycles. The van der Waals surface area contributed by atoms with Crippen molar-refractivity contribution in [1.29, 1.82) is 0 Å². The fraction of sp³-hybridized carbons (Fsp3) is 0.214. The maximum atomic E-state index is 13.7. The van der Waals surface area contributed by atoms with Gasteiger partial charge >= 0.3 is 0 Å². The number of pyridine rings is 1. The van der Waals surface area contributed by atoms with Crippen LogP contribution in [0.1, 0.15) is 11.1 Å². The average Bonchev–Trinajstić information content (AvgIpc) is 2.48. The summed E-state index contributed by atoms with van der Waals surface area (Å²) in [5.74, 6) is -0.764. The third-order valence-electron chi connectivity index (χ3n) is 2.94. The Labute approximate surface area is 123 Å². The zero-order valence-corrected chi connectivity index (χ0v) is 12.1.